The first kappa shape index (κ1) is 17.2. The Kier molecular flexibility index (Phi) is 6.70. The zero-order chi connectivity index (χ0) is 15.2. The van der Waals surface area contributed by atoms with E-state index in [4.69, 9.17) is 5.11 Å². The van der Waals surface area contributed by atoms with Crippen LogP contribution in [0, 0.1) is 17.8 Å². The summed E-state index contributed by atoms with van der Waals surface area (Å²) in [5, 5.41) is 18.7. The van der Waals surface area contributed by atoms with Crippen molar-refractivity contribution in [1.29, 1.82) is 0 Å². The lowest BCUT2D eigenvalue weighted by Crippen LogP contribution is -2.29. The van der Waals surface area contributed by atoms with Crippen LogP contribution in [0.15, 0.2) is 12.1 Å². The fourth-order valence-electron chi connectivity index (χ4n) is 1.86. The van der Waals surface area contributed by atoms with E-state index in [2.05, 4.69) is 36.7 Å². The zero-order valence-electron chi connectivity index (χ0n) is 12.8. The Morgan fingerprint density at radius 2 is 2.05 bits per heavy atom. The Morgan fingerprint density at radius 3 is 2.60 bits per heavy atom. The van der Waals surface area contributed by atoms with E-state index in [1.54, 1.807) is 25.2 Å². The van der Waals surface area contributed by atoms with Gasteiger partial charge in [0.25, 0.3) is 0 Å². The molecule has 20 heavy (non-hydrogen) atoms. The molecule has 1 aromatic rings. The smallest absolute Gasteiger partial charge is 0.120 e. The molecule has 0 aliphatic carbocycles. The lowest BCUT2D eigenvalue weighted by Gasteiger charge is -2.22. The molecule has 0 amide bonds. The molecule has 0 fully saturated rings. The molecule has 0 saturated carbocycles. The minimum atomic E-state index is -0.954. The van der Waals surface area contributed by atoms with Crippen LogP contribution in [0.5, 0.6) is 0 Å². The van der Waals surface area contributed by atoms with E-state index < -0.39 is 5.60 Å². The molecule has 3 nitrogen and oxygen atoms in total. The summed E-state index contributed by atoms with van der Waals surface area (Å²) in [4.78, 5) is 4.46. The lowest BCUT2D eigenvalue weighted by molar-refractivity contribution is 0.143. The van der Waals surface area contributed by atoms with Gasteiger partial charge in [0, 0.05) is 24.5 Å². The van der Waals surface area contributed by atoms with Crippen LogP contribution >= 0.6 is 11.3 Å². The summed E-state index contributed by atoms with van der Waals surface area (Å²) < 4.78 is 0. The van der Waals surface area contributed by atoms with Crippen LogP contribution < -0.4 is 0 Å². The maximum Gasteiger partial charge on any atom is 0.120 e. The number of thiophene rings is 1. The average Bonchev–Trinajstić information content (AvgIpc) is 2.73. The molecule has 1 heterocycles. The Bertz CT molecular complexity index is 463. The van der Waals surface area contributed by atoms with Gasteiger partial charge in [0.2, 0.25) is 0 Å². The van der Waals surface area contributed by atoms with Crippen LogP contribution in [0.1, 0.15) is 37.4 Å². The molecule has 0 radical (unpaired) electrons. The van der Waals surface area contributed by atoms with Crippen LogP contribution in [-0.4, -0.2) is 40.4 Å². The Hall–Kier alpha value is -0.860. The predicted molar refractivity (Wildman–Crippen MR) is 84.7 cm³/mol. The monoisotopic (exact) mass is 295 g/mol. The molecule has 0 unspecified atom stereocenters. The number of aliphatic hydroxyl groups excluding tert-OH is 1. The molecule has 0 aliphatic rings. The van der Waals surface area contributed by atoms with Gasteiger partial charge in [-0.05, 0) is 31.9 Å². The van der Waals surface area contributed by atoms with E-state index in [0.29, 0.717) is 12.5 Å². The van der Waals surface area contributed by atoms with Crippen molar-refractivity contribution in [1.82, 2.24) is 4.90 Å². The largest absolute Gasteiger partial charge is 0.395 e. The van der Waals surface area contributed by atoms with Gasteiger partial charge in [0.15, 0.2) is 0 Å². The topological polar surface area (TPSA) is 43.7 Å². The summed E-state index contributed by atoms with van der Waals surface area (Å²) >= 11 is 1.65. The van der Waals surface area contributed by atoms with Crippen LogP contribution in [0.3, 0.4) is 0 Å². The Balaban J connectivity index is 2.67. The predicted octanol–water partition coefficient (Wildman–Crippen LogP) is 2.32. The summed E-state index contributed by atoms with van der Waals surface area (Å²) in [6, 6.07) is 4.06. The first-order valence-electron chi connectivity index (χ1n) is 6.97. The molecule has 0 spiro atoms. The number of hydrogen-bond acceptors (Lipinski definition) is 4. The first-order chi connectivity index (χ1) is 9.30. The van der Waals surface area contributed by atoms with Gasteiger partial charge in [0.1, 0.15) is 5.60 Å². The Morgan fingerprint density at radius 1 is 1.35 bits per heavy atom. The van der Waals surface area contributed by atoms with Crippen molar-refractivity contribution in [2.45, 2.75) is 39.8 Å². The maximum absolute atomic E-state index is 9.60. The average molecular weight is 295 g/mol. The molecule has 0 bridgehead atoms. The first-order valence-corrected chi connectivity index (χ1v) is 7.79. The van der Waals surface area contributed by atoms with Gasteiger partial charge in [-0.2, -0.15) is 0 Å². The molecule has 0 atom stereocenters. The third kappa shape index (κ3) is 7.06. The van der Waals surface area contributed by atoms with Crippen molar-refractivity contribution in [3.8, 4) is 11.8 Å². The van der Waals surface area contributed by atoms with Gasteiger partial charge >= 0.3 is 0 Å². The van der Waals surface area contributed by atoms with Gasteiger partial charge in [-0.25, -0.2) is 0 Å². The fraction of sp³-hybridized carbons (Fsp3) is 0.625. The highest BCUT2D eigenvalue weighted by Crippen LogP contribution is 2.18. The molecule has 1 rings (SSSR count). The standard InChI is InChI=1S/C16H25NO2S/c1-13(2)11-17(9-10-18)12-15-6-5-14(20-15)7-8-16(3,4)19/h5-6,13,18-19H,9-12H2,1-4H3. The summed E-state index contributed by atoms with van der Waals surface area (Å²) in [5.41, 5.74) is -0.954. The third-order valence-corrected chi connectivity index (χ3v) is 3.56. The number of aliphatic hydroxyl groups is 2. The molecule has 0 saturated heterocycles. The molecule has 2 N–H and O–H groups in total. The normalized spacial score (nSPS) is 11.8. The van der Waals surface area contributed by atoms with Crippen molar-refractivity contribution in [2.75, 3.05) is 19.7 Å². The molecule has 1 aromatic heterocycles. The van der Waals surface area contributed by atoms with E-state index in [-0.39, 0.29) is 6.61 Å². The van der Waals surface area contributed by atoms with Crippen molar-refractivity contribution >= 4 is 11.3 Å². The van der Waals surface area contributed by atoms with Gasteiger partial charge in [0.05, 0.1) is 11.5 Å². The van der Waals surface area contributed by atoms with Gasteiger partial charge in [-0.15, -0.1) is 11.3 Å². The van der Waals surface area contributed by atoms with Crippen LogP contribution in [-0.2, 0) is 6.54 Å². The lowest BCUT2D eigenvalue weighted by atomic mass is 10.1. The quantitative estimate of drug-likeness (QED) is 0.792. The zero-order valence-corrected chi connectivity index (χ0v) is 13.6. The highest BCUT2D eigenvalue weighted by Gasteiger charge is 2.10. The number of nitrogens with zero attached hydrogens (tertiary/aromatic N) is 1. The van der Waals surface area contributed by atoms with Gasteiger partial charge in [-0.1, -0.05) is 25.7 Å². The van der Waals surface area contributed by atoms with Gasteiger partial charge in [-0.3, -0.25) is 4.90 Å². The maximum atomic E-state index is 9.60. The molecular formula is C16H25NO2S. The van der Waals surface area contributed by atoms with Gasteiger partial charge < -0.3 is 10.2 Å². The van der Waals surface area contributed by atoms with Crippen LogP contribution in [0.2, 0.25) is 0 Å². The summed E-state index contributed by atoms with van der Waals surface area (Å²) in [7, 11) is 0. The fourth-order valence-corrected chi connectivity index (χ4v) is 2.76. The molecule has 112 valence electrons. The second-order valence-electron chi connectivity index (χ2n) is 5.93. The second kappa shape index (κ2) is 7.80. The van der Waals surface area contributed by atoms with Crippen molar-refractivity contribution in [3.63, 3.8) is 0 Å². The second-order valence-corrected chi connectivity index (χ2v) is 7.10. The number of hydrogen-bond donors (Lipinski definition) is 2. The third-order valence-electron chi connectivity index (χ3n) is 2.57. The highest BCUT2D eigenvalue weighted by molar-refractivity contribution is 7.12. The van der Waals surface area contributed by atoms with Crippen molar-refractivity contribution in [3.05, 3.63) is 21.9 Å². The highest BCUT2D eigenvalue weighted by atomic mass is 32.1. The molecule has 0 aromatic carbocycles. The van der Waals surface area contributed by atoms with E-state index in [9.17, 15) is 5.11 Å². The van der Waals surface area contributed by atoms with E-state index in [1.165, 1.54) is 4.88 Å². The van der Waals surface area contributed by atoms with E-state index in [1.807, 2.05) is 6.07 Å². The minimum absolute atomic E-state index is 0.184. The summed E-state index contributed by atoms with van der Waals surface area (Å²) in [6.07, 6.45) is 0. The van der Waals surface area contributed by atoms with E-state index in [0.717, 1.165) is 18.0 Å². The minimum Gasteiger partial charge on any atom is -0.395 e. The number of rotatable bonds is 6. The molecule has 0 aliphatic heterocycles. The van der Waals surface area contributed by atoms with Crippen molar-refractivity contribution < 1.29 is 10.2 Å². The SMILES string of the molecule is CC(C)CN(CCO)Cc1ccc(C#CC(C)(C)O)s1. The van der Waals surface area contributed by atoms with Crippen molar-refractivity contribution in [2.24, 2.45) is 5.92 Å². The van der Waals surface area contributed by atoms with Crippen LogP contribution in [0.4, 0.5) is 0 Å². The van der Waals surface area contributed by atoms with E-state index >= 15 is 0 Å². The Labute approximate surface area is 126 Å². The summed E-state index contributed by atoms with van der Waals surface area (Å²) in [5.74, 6) is 6.41. The molecule has 4 heteroatoms. The van der Waals surface area contributed by atoms with Crippen LogP contribution in [0.25, 0.3) is 0 Å². The molecular weight excluding hydrogens is 270 g/mol. The summed E-state index contributed by atoms with van der Waals surface area (Å²) in [6.45, 7) is 10.4.